The van der Waals surface area contributed by atoms with Crippen molar-refractivity contribution in [1.82, 2.24) is 5.32 Å². The fourth-order valence-electron chi connectivity index (χ4n) is 4.06. The Hall–Kier alpha value is -2.48. The van der Waals surface area contributed by atoms with E-state index in [2.05, 4.69) is 41.0 Å². The molecule has 158 valence electrons. The van der Waals surface area contributed by atoms with Crippen molar-refractivity contribution in [2.75, 3.05) is 5.32 Å². The molecule has 0 aliphatic heterocycles. The van der Waals surface area contributed by atoms with Crippen molar-refractivity contribution in [2.24, 2.45) is 9.50 Å². The summed E-state index contributed by atoms with van der Waals surface area (Å²) in [5.41, 5.74) is 6.54. The second kappa shape index (κ2) is 8.34. The van der Waals surface area contributed by atoms with Gasteiger partial charge in [0.05, 0.1) is 10.6 Å². The highest BCUT2D eigenvalue weighted by molar-refractivity contribution is 7.91. The van der Waals surface area contributed by atoms with E-state index in [1.165, 1.54) is 11.1 Å². The highest BCUT2D eigenvalue weighted by Gasteiger charge is 2.23. The lowest BCUT2D eigenvalue weighted by atomic mass is 9.98. The second-order valence-corrected chi connectivity index (χ2v) is 9.98. The molecule has 2 aromatic carbocycles. The monoisotopic (exact) mass is 424 g/mol. The summed E-state index contributed by atoms with van der Waals surface area (Å²) >= 11 is 0. The van der Waals surface area contributed by atoms with Crippen molar-refractivity contribution < 1.29 is 9.00 Å². The number of fused-ring (bicyclic) bond motifs is 2. The van der Waals surface area contributed by atoms with Gasteiger partial charge in [-0.25, -0.2) is 14.1 Å². The minimum atomic E-state index is -3.33. The molecule has 2 aromatic rings. The summed E-state index contributed by atoms with van der Waals surface area (Å²) in [5, 5.41) is 12.2. The van der Waals surface area contributed by atoms with E-state index in [9.17, 15) is 9.00 Å². The van der Waals surface area contributed by atoms with E-state index in [4.69, 9.17) is 5.14 Å². The summed E-state index contributed by atoms with van der Waals surface area (Å²) in [5.74, 6) is 0. The maximum absolute atomic E-state index is 13.0. The van der Waals surface area contributed by atoms with Crippen LogP contribution in [0.15, 0.2) is 45.7 Å². The molecular weight excluding hydrogens is 396 g/mol. The number of amides is 2. The Morgan fingerprint density at radius 3 is 2.70 bits per heavy atom. The van der Waals surface area contributed by atoms with Crippen LogP contribution >= 0.6 is 0 Å². The number of rotatable bonds is 5. The number of urea groups is 1. The number of nitrogens with zero attached hydrogens (tertiary/aromatic N) is 1. The summed E-state index contributed by atoms with van der Waals surface area (Å²) in [6.07, 6.45) is 8.02. The first-order valence-corrected chi connectivity index (χ1v) is 11.9. The minimum Gasteiger partial charge on any atom is -0.310 e. The standard InChI is InChI=1S/C23H28N4O2S/c1-15(2)25-14-16-9-11-19(12-10-16)30(24,29)27-23(28)26-22-20-7-3-5-17(20)13-18-6-4-8-21(18)22/h3,7,9-13,15,25H,4-6,8,14H2,1-2H3,(H3,24,26,27,28,29). The van der Waals surface area contributed by atoms with E-state index in [1.54, 1.807) is 12.1 Å². The van der Waals surface area contributed by atoms with E-state index in [0.717, 1.165) is 48.1 Å². The molecule has 0 radical (unpaired) electrons. The molecule has 0 saturated heterocycles. The topological polar surface area (TPSA) is 96.6 Å². The number of carbonyl (C=O) groups excluding carboxylic acids is 1. The van der Waals surface area contributed by atoms with Crippen LogP contribution in [0.3, 0.4) is 0 Å². The summed E-state index contributed by atoms with van der Waals surface area (Å²) in [7, 11) is -3.33. The Labute approximate surface area is 178 Å². The number of nitrogens with two attached hydrogens (primary N) is 1. The smallest absolute Gasteiger partial charge is 0.310 e. The van der Waals surface area contributed by atoms with Gasteiger partial charge in [-0.15, -0.1) is 4.36 Å². The highest BCUT2D eigenvalue weighted by Crippen LogP contribution is 2.38. The molecule has 1 unspecified atom stereocenters. The zero-order chi connectivity index (χ0) is 21.3. The molecule has 0 aromatic heterocycles. The Bertz CT molecular complexity index is 1130. The predicted octanol–water partition coefficient (Wildman–Crippen LogP) is 4.18. The molecule has 2 aliphatic rings. The lowest BCUT2D eigenvalue weighted by Gasteiger charge is -2.14. The molecule has 0 heterocycles. The lowest BCUT2D eigenvalue weighted by molar-refractivity contribution is 0.260. The van der Waals surface area contributed by atoms with Crippen LogP contribution < -0.4 is 15.8 Å². The molecule has 0 saturated carbocycles. The Kier molecular flexibility index (Phi) is 5.77. The van der Waals surface area contributed by atoms with Gasteiger partial charge in [-0.3, -0.25) is 0 Å². The van der Waals surface area contributed by atoms with Crippen molar-refractivity contribution in [1.29, 1.82) is 0 Å². The Morgan fingerprint density at radius 2 is 1.97 bits per heavy atom. The normalized spacial score (nSPS) is 16.3. The van der Waals surface area contributed by atoms with Gasteiger partial charge in [-0.2, -0.15) is 0 Å². The van der Waals surface area contributed by atoms with Crippen molar-refractivity contribution in [3.05, 3.63) is 64.2 Å². The van der Waals surface area contributed by atoms with Gasteiger partial charge in [0, 0.05) is 18.2 Å². The van der Waals surface area contributed by atoms with Gasteiger partial charge in [0.1, 0.15) is 9.92 Å². The van der Waals surface area contributed by atoms with Gasteiger partial charge >= 0.3 is 6.03 Å². The van der Waals surface area contributed by atoms with E-state index in [0.29, 0.717) is 17.5 Å². The van der Waals surface area contributed by atoms with Crippen molar-refractivity contribution in [3.63, 3.8) is 0 Å². The van der Waals surface area contributed by atoms with Gasteiger partial charge in [-0.1, -0.05) is 44.2 Å². The summed E-state index contributed by atoms with van der Waals surface area (Å²) in [6, 6.07) is 9.01. The summed E-state index contributed by atoms with van der Waals surface area (Å²) < 4.78 is 16.8. The number of allylic oxidation sites excluding steroid dienone is 1. The fourth-order valence-corrected chi connectivity index (χ4v) is 4.98. The number of anilines is 1. The third-order valence-corrected chi connectivity index (χ3v) is 6.96. The van der Waals surface area contributed by atoms with E-state index >= 15 is 0 Å². The average molecular weight is 425 g/mol. The maximum atomic E-state index is 13.0. The first-order valence-electron chi connectivity index (χ1n) is 10.4. The molecule has 2 aliphatic carbocycles. The molecular formula is C23H28N4O2S. The van der Waals surface area contributed by atoms with Crippen LogP contribution in [-0.2, 0) is 35.7 Å². The zero-order valence-corrected chi connectivity index (χ0v) is 18.2. The van der Waals surface area contributed by atoms with Gasteiger partial charge < -0.3 is 10.6 Å². The molecule has 0 bridgehead atoms. The number of hydrogen-bond acceptors (Lipinski definition) is 3. The Morgan fingerprint density at radius 1 is 1.20 bits per heavy atom. The van der Waals surface area contributed by atoms with Crippen molar-refractivity contribution >= 4 is 27.7 Å². The van der Waals surface area contributed by atoms with E-state index in [-0.39, 0.29) is 0 Å². The molecule has 2 amide bonds. The number of aryl methyl sites for hydroxylation is 1. The average Bonchev–Trinajstić information content (AvgIpc) is 3.35. The van der Waals surface area contributed by atoms with Gasteiger partial charge in [0.2, 0.25) is 0 Å². The maximum Gasteiger partial charge on any atom is 0.354 e. The summed E-state index contributed by atoms with van der Waals surface area (Å²) in [4.78, 5) is 13.0. The van der Waals surface area contributed by atoms with Crippen LogP contribution in [0.1, 0.15) is 48.1 Å². The van der Waals surface area contributed by atoms with Crippen molar-refractivity contribution in [3.8, 4) is 0 Å². The zero-order valence-electron chi connectivity index (χ0n) is 17.4. The second-order valence-electron chi connectivity index (χ2n) is 8.19. The van der Waals surface area contributed by atoms with Crippen LogP contribution in [0.4, 0.5) is 10.5 Å². The minimum absolute atomic E-state index is 0.342. The SMILES string of the molecule is CC(C)NCc1ccc(S(N)(=O)=NC(=O)Nc2c3c(cc4c2CCC4)CC=C3)cc1. The van der Waals surface area contributed by atoms with Gasteiger partial charge in [-0.05, 0) is 60.1 Å². The van der Waals surface area contributed by atoms with Crippen LogP contribution in [0, 0.1) is 0 Å². The molecule has 6 nitrogen and oxygen atoms in total. The molecule has 0 fully saturated rings. The van der Waals surface area contributed by atoms with Crippen LogP contribution in [0.25, 0.3) is 6.08 Å². The molecule has 4 rings (SSSR count). The van der Waals surface area contributed by atoms with Crippen LogP contribution in [0.5, 0.6) is 0 Å². The van der Waals surface area contributed by atoms with Crippen LogP contribution in [0.2, 0.25) is 0 Å². The first kappa shape index (κ1) is 20.8. The predicted molar refractivity (Wildman–Crippen MR) is 122 cm³/mol. The van der Waals surface area contributed by atoms with Gasteiger partial charge in [0.15, 0.2) is 0 Å². The molecule has 0 spiro atoms. The molecule has 7 heteroatoms. The number of carbonyl (C=O) groups is 1. The quantitative estimate of drug-likeness (QED) is 0.672. The fraction of sp³-hybridized carbons (Fsp3) is 0.348. The van der Waals surface area contributed by atoms with Crippen molar-refractivity contribution in [2.45, 2.75) is 57.0 Å². The third kappa shape index (κ3) is 4.33. The van der Waals surface area contributed by atoms with Crippen LogP contribution in [-0.4, -0.2) is 16.3 Å². The number of benzene rings is 2. The third-order valence-electron chi connectivity index (χ3n) is 5.57. The molecule has 1 atom stereocenters. The number of nitrogens with one attached hydrogen (secondary N) is 2. The molecule has 4 N–H and O–H groups in total. The lowest BCUT2D eigenvalue weighted by Crippen LogP contribution is -2.22. The first-order chi connectivity index (χ1) is 14.3. The largest absolute Gasteiger partial charge is 0.354 e. The Balaban J connectivity index is 1.56. The summed E-state index contributed by atoms with van der Waals surface area (Å²) in [6.45, 7) is 4.86. The molecule has 30 heavy (non-hydrogen) atoms. The number of hydrogen-bond donors (Lipinski definition) is 3. The van der Waals surface area contributed by atoms with E-state index in [1.807, 2.05) is 18.2 Å². The van der Waals surface area contributed by atoms with E-state index < -0.39 is 15.9 Å². The van der Waals surface area contributed by atoms with Gasteiger partial charge in [0.25, 0.3) is 0 Å². The highest BCUT2D eigenvalue weighted by atomic mass is 32.2.